The zero-order valence-corrected chi connectivity index (χ0v) is 16.3. The van der Waals surface area contributed by atoms with Crippen LogP contribution in [0.15, 0.2) is 0 Å². The summed E-state index contributed by atoms with van der Waals surface area (Å²) in [5.74, 6) is 3.86. The average Bonchev–Trinajstić information content (AvgIpc) is 3.38. The molecule has 23 heavy (non-hydrogen) atoms. The maximum Gasteiger partial charge on any atom is 0.345 e. The van der Waals surface area contributed by atoms with E-state index < -0.39 is 8.56 Å². The maximum atomic E-state index is 6.70. The summed E-state index contributed by atoms with van der Waals surface area (Å²) in [6.45, 7) is 6.16. The van der Waals surface area contributed by atoms with E-state index in [1.165, 1.54) is 64.2 Å². The Morgan fingerprint density at radius 2 is 0.957 bits per heavy atom. The topological polar surface area (TPSA) is 18.5 Å². The summed E-state index contributed by atoms with van der Waals surface area (Å²) in [5.41, 5.74) is 1.69. The Bertz CT molecular complexity index is 350. The van der Waals surface area contributed by atoms with E-state index in [1.807, 2.05) is 0 Å². The molecule has 4 fully saturated rings. The summed E-state index contributed by atoms with van der Waals surface area (Å²) in [6, 6.07) is 0. The van der Waals surface area contributed by atoms with E-state index in [2.05, 4.69) is 13.8 Å². The predicted molar refractivity (Wildman–Crippen MR) is 96.6 cm³/mol. The van der Waals surface area contributed by atoms with Crippen LogP contribution < -0.4 is 0 Å². The minimum Gasteiger partial charge on any atom is -0.394 e. The minimum absolute atomic E-state index is 0.847. The highest BCUT2D eigenvalue weighted by Gasteiger charge is 2.74. The normalized spacial score (nSPS) is 43.0. The van der Waals surface area contributed by atoms with Crippen molar-refractivity contribution in [3.8, 4) is 0 Å². The van der Waals surface area contributed by atoms with Crippen molar-refractivity contribution >= 4 is 8.56 Å². The molecule has 4 aliphatic carbocycles. The van der Waals surface area contributed by atoms with Gasteiger partial charge < -0.3 is 8.85 Å². The van der Waals surface area contributed by atoms with Crippen LogP contribution in [0.4, 0.5) is 0 Å². The molecule has 4 saturated carbocycles. The van der Waals surface area contributed by atoms with E-state index in [0.29, 0.717) is 0 Å². The van der Waals surface area contributed by atoms with Crippen LogP contribution in [0.3, 0.4) is 0 Å². The highest BCUT2D eigenvalue weighted by Crippen LogP contribution is 2.73. The van der Waals surface area contributed by atoms with Gasteiger partial charge in [-0.3, -0.25) is 0 Å². The lowest BCUT2D eigenvalue weighted by Gasteiger charge is -2.33. The lowest BCUT2D eigenvalue weighted by Crippen LogP contribution is -2.46. The second kappa shape index (κ2) is 6.80. The molecule has 0 saturated heterocycles. The summed E-state index contributed by atoms with van der Waals surface area (Å²) in [7, 11) is -2.03. The molecule has 0 radical (unpaired) electrons. The van der Waals surface area contributed by atoms with Crippen molar-refractivity contribution in [3.05, 3.63) is 0 Å². The molecule has 0 aromatic rings. The van der Waals surface area contributed by atoms with Gasteiger partial charge in [0.25, 0.3) is 0 Å². The first-order valence-electron chi connectivity index (χ1n) is 10.6. The van der Waals surface area contributed by atoms with Crippen LogP contribution in [0.1, 0.15) is 78.1 Å². The smallest absolute Gasteiger partial charge is 0.345 e. The molecular weight excluding hydrogens is 300 g/mol. The zero-order chi connectivity index (χ0) is 15.9. The van der Waals surface area contributed by atoms with Crippen LogP contribution in [0.25, 0.3) is 0 Å². The summed E-state index contributed by atoms with van der Waals surface area (Å²) < 4.78 is 13.4. The van der Waals surface area contributed by atoms with Gasteiger partial charge in [-0.15, -0.1) is 0 Å². The fraction of sp³-hybridized carbons (Fsp3) is 1.00. The molecule has 2 nitrogen and oxygen atoms in total. The number of hydrogen-bond acceptors (Lipinski definition) is 2. The molecule has 0 amide bonds. The Labute approximate surface area is 144 Å². The summed E-state index contributed by atoms with van der Waals surface area (Å²) in [6.07, 6.45) is 14.6. The number of rotatable bonds is 6. The van der Waals surface area contributed by atoms with Crippen LogP contribution in [0, 0.1) is 23.7 Å². The second-order valence-electron chi connectivity index (χ2n) is 8.57. The highest BCUT2D eigenvalue weighted by molar-refractivity contribution is 6.72. The molecule has 3 heteroatoms. The standard InChI is InChI=1S/C20H36O2Si/c1-3-21-23(22-4-2,19-15-11-7-5-8-12-16(15)19)20-17-13-9-6-10-14-18(17)20/h15-20H,3-14H2,1-2H3. The van der Waals surface area contributed by atoms with E-state index >= 15 is 0 Å². The Morgan fingerprint density at radius 1 is 0.609 bits per heavy atom. The van der Waals surface area contributed by atoms with Gasteiger partial charge in [-0.25, -0.2) is 0 Å². The second-order valence-corrected chi connectivity index (χ2v) is 11.9. The molecule has 4 aliphatic rings. The molecule has 0 bridgehead atoms. The van der Waals surface area contributed by atoms with Crippen LogP contribution in [-0.2, 0) is 8.85 Å². The van der Waals surface area contributed by atoms with Crippen molar-refractivity contribution < 1.29 is 8.85 Å². The van der Waals surface area contributed by atoms with Crippen molar-refractivity contribution in [2.24, 2.45) is 23.7 Å². The summed E-state index contributed by atoms with van der Waals surface area (Å²) >= 11 is 0. The van der Waals surface area contributed by atoms with Crippen molar-refractivity contribution in [1.29, 1.82) is 0 Å². The molecule has 4 rings (SSSR count). The van der Waals surface area contributed by atoms with Crippen LogP contribution in [-0.4, -0.2) is 21.8 Å². The maximum absolute atomic E-state index is 6.70. The Morgan fingerprint density at radius 3 is 1.26 bits per heavy atom. The Hall–Kier alpha value is 0.137. The predicted octanol–water partition coefficient (Wildman–Crippen LogP) is 5.66. The van der Waals surface area contributed by atoms with Gasteiger partial charge in [-0.1, -0.05) is 64.2 Å². The first kappa shape index (κ1) is 16.6. The van der Waals surface area contributed by atoms with Gasteiger partial charge in [-0.2, -0.15) is 0 Å². The molecule has 4 unspecified atom stereocenters. The van der Waals surface area contributed by atoms with Crippen molar-refractivity contribution in [3.63, 3.8) is 0 Å². The Kier molecular flexibility index (Phi) is 4.91. The van der Waals surface area contributed by atoms with Crippen molar-refractivity contribution in [2.45, 2.75) is 89.1 Å². The monoisotopic (exact) mass is 336 g/mol. The summed E-state index contributed by atoms with van der Waals surface area (Å²) in [5, 5.41) is 0. The molecule has 0 aliphatic heterocycles. The van der Waals surface area contributed by atoms with E-state index in [1.54, 1.807) is 0 Å². The SMILES string of the molecule is CCO[Si](OCC)(C1C2CCCCCC21)C1C2CCCCCC21. The van der Waals surface area contributed by atoms with Gasteiger partial charge in [0.1, 0.15) is 0 Å². The molecule has 132 valence electrons. The highest BCUT2D eigenvalue weighted by atomic mass is 28.4. The Balaban J connectivity index is 1.57. The van der Waals surface area contributed by atoms with E-state index in [-0.39, 0.29) is 0 Å². The van der Waals surface area contributed by atoms with E-state index in [9.17, 15) is 0 Å². The number of hydrogen-bond donors (Lipinski definition) is 0. The third-order valence-electron chi connectivity index (χ3n) is 7.48. The van der Waals surface area contributed by atoms with Gasteiger partial charge in [0, 0.05) is 24.3 Å². The van der Waals surface area contributed by atoms with Gasteiger partial charge in [0.2, 0.25) is 0 Å². The first-order valence-corrected chi connectivity index (χ1v) is 12.6. The van der Waals surface area contributed by atoms with Gasteiger partial charge in [0.05, 0.1) is 0 Å². The zero-order valence-electron chi connectivity index (χ0n) is 15.3. The van der Waals surface area contributed by atoms with Crippen LogP contribution in [0.5, 0.6) is 0 Å². The van der Waals surface area contributed by atoms with E-state index in [4.69, 9.17) is 8.85 Å². The molecule has 0 spiro atoms. The third-order valence-corrected chi connectivity index (χ3v) is 12.5. The molecule has 0 aromatic heterocycles. The largest absolute Gasteiger partial charge is 0.394 e. The molecule has 0 N–H and O–H groups in total. The van der Waals surface area contributed by atoms with Gasteiger partial charge >= 0.3 is 8.56 Å². The summed E-state index contributed by atoms with van der Waals surface area (Å²) in [4.78, 5) is 0. The third kappa shape index (κ3) is 2.85. The molecular formula is C20H36O2Si. The average molecular weight is 337 g/mol. The fourth-order valence-electron chi connectivity index (χ4n) is 6.63. The quantitative estimate of drug-likeness (QED) is 0.582. The van der Waals surface area contributed by atoms with Crippen molar-refractivity contribution in [2.75, 3.05) is 13.2 Å². The molecule has 0 heterocycles. The molecule has 4 atom stereocenters. The lowest BCUT2D eigenvalue weighted by atomic mass is 10.2. The van der Waals surface area contributed by atoms with Gasteiger partial charge in [-0.05, 0) is 37.5 Å². The molecule has 0 aromatic carbocycles. The van der Waals surface area contributed by atoms with E-state index in [0.717, 1.165) is 48.0 Å². The van der Waals surface area contributed by atoms with Gasteiger partial charge in [0.15, 0.2) is 0 Å². The van der Waals surface area contributed by atoms with Crippen molar-refractivity contribution in [1.82, 2.24) is 0 Å². The fourth-order valence-corrected chi connectivity index (χ4v) is 12.7. The lowest BCUT2D eigenvalue weighted by molar-refractivity contribution is 0.172. The number of fused-ring (bicyclic) bond motifs is 2. The van der Waals surface area contributed by atoms with Crippen LogP contribution >= 0.6 is 0 Å². The first-order chi connectivity index (χ1) is 11.3. The minimum atomic E-state index is -2.03. The van der Waals surface area contributed by atoms with Crippen LogP contribution in [0.2, 0.25) is 11.1 Å².